The number of rotatable bonds is 7. The zero-order valence-corrected chi connectivity index (χ0v) is 19.0. The van der Waals surface area contributed by atoms with Crippen molar-refractivity contribution in [2.75, 3.05) is 26.2 Å². The Morgan fingerprint density at radius 2 is 1.97 bits per heavy atom. The van der Waals surface area contributed by atoms with E-state index < -0.39 is 0 Å². The molecule has 1 aliphatic rings. The quantitative estimate of drug-likeness (QED) is 0.372. The molecule has 2 aromatic carbocycles. The molecule has 2 N–H and O–H groups in total. The van der Waals surface area contributed by atoms with Crippen LogP contribution >= 0.6 is 15.9 Å². The molecule has 6 nitrogen and oxygen atoms in total. The topological polar surface area (TPSA) is 73.2 Å². The monoisotopic (exact) mass is 468 g/mol. The highest BCUT2D eigenvalue weighted by atomic mass is 79.9. The Labute approximate surface area is 184 Å². The molecule has 0 saturated heterocycles. The first-order valence-electron chi connectivity index (χ1n) is 10.1. The smallest absolute Gasteiger partial charge is 0.199 e. The van der Waals surface area contributed by atoms with Crippen LogP contribution in [0.2, 0.25) is 0 Å². The molecule has 7 heteroatoms. The Hall–Kier alpha value is -2.64. The molecule has 0 fully saturated rings. The number of oxime groups is 1. The van der Waals surface area contributed by atoms with Crippen LogP contribution in [0, 0.1) is 6.92 Å². The minimum absolute atomic E-state index is 0.0715. The van der Waals surface area contributed by atoms with E-state index in [4.69, 9.17) is 9.83 Å². The molecule has 30 heavy (non-hydrogen) atoms. The molecular formula is C23H25BrN4O2. The van der Waals surface area contributed by atoms with Crippen LogP contribution in [0.25, 0.3) is 10.9 Å². The van der Waals surface area contributed by atoms with Crippen molar-refractivity contribution >= 4 is 43.9 Å². The number of hydrogen-bond acceptors (Lipinski definition) is 5. The molecule has 1 aliphatic heterocycles. The van der Waals surface area contributed by atoms with Gasteiger partial charge >= 0.3 is 0 Å². The molecule has 1 aromatic heterocycles. The molecule has 0 radical (unpaired) electrons. The first-order chi connectivity index (χ1) is 14.5. The molecule has 3 aromatic rings. The van der Waals surface area contributed by atoms with Gasteiger partial charge in [-0.2, -0.15) is 0 Å². The molecule has 0 amide bonds. The number of fused-ring (bicyclic) bond motifs is 2. The van der Waals surface area contributed by atoms with Gasteiger partial charge in [-0.25, -0.2) is 4.99 Å². The lowest BCUT2D eigenvalue weighted by Crippen LogP contribution is -2.26. The van der Waals surface area contributed by atoms with E-state index >= 15 is 0 Å². The number of benzene rings is 2. The van der Waals surface area contributed by atoms with Gasteiger partial charge in [-0.3, -0.25) is 0 Å². The van der Waals surface area contributed by atoms with Crippen LogP contribution in [-0.4, -0.2) is 52.7 Å². The summed E-state index contributed by atoms with van der Waals surface area (Å²) in [6, 6.07) is 11.9. The lowest BCUT2D eigenvalue weighted by molar-refractivity contribution is 0.115. The maximum absolute atomic E-state index is 10.7. The van der Waals surface area contributed by atoms with Crippen LogP contribution in [0.5, 0.6) is 5.88 Å². The van der Waals surface area contributed by atoms with Gasteiger partial charge in [0.1, 0.15) is 18.0 Å². The lowest BCUT2D eigenvalue weighted by atomic mass is 10.00. The van der Waals surface area contributed by atoms with Crippen molar-refractivity contribution in [3.63, 3.8) is 0 Å². The number of aromatic amines is 1. The minimum atomic E-state index is 0.0715. The van der Waals surface area contributed by atoms with E-state index in [-0.39, 0.29) is 5.88 Å². The fourth-order valence-corrected chi connectivity index (χ4v) is 4.08. The number of aliphatic imine (C=N–C) groups is 1. The minimum Gasteiger partial charge on any atom is -0.494 e. The third-order valence-corrected chi connectivity index (χ3v) is 5.88. The number of aromatic nitrogens is 1. The molecule has 2 heterocycles. The summed E-state index contributed by atoms with van der Waals surface area (Å²) >= 11 is 3.48. The van der Waals surface area contributed by atoms with E-state index in [1.165, 1.54) is 0 Å². The van der Waals surface area contributed by atoms with Crippen LogP contribution in [-0.2, 0) is 4.84 Å². The van der Waals surface area contributed by atoms with Crippen molar-refractivity contribution in [2.24, 2.45) is 10.1 Å². The second kappa shape index (κ2) is 8.62. The molecule has 0 spiro atoms. The van der Waals surface area contributed by atoms with Crippen LogP contribution in [0.1, 0.15) is 30.5 Å². The first-order valence-corrected chi connectivity index (χ1v) is 10.9. The fourth-order valence-electron chi connectivity index (χ4n) is 3.72. The molecule has 156 valence electrons. The summed E-state index contributed by atoms with van der Waals surface area (Å²) in [4.78, 5) is 15.8. The second-order valence-electron chi connectivity index (χ2n) is 7.32. The highest BCUT2D eigenvalue weighted by Crippen LogP contribution is 2.36. The number of nitrogens with zero attached hydrogens (tertiary/aromatic N) is 3. The normalized spacial score (nSPS) is 14.6. The maximum atomic E-state index is 10.7. The summed E-state index contributed by atoms with van der Waals surface area (Å²) in [6.45, 7) is 9.56. The molecule has 0 unspecified atom stereocenters. The Morgan fingerprint density at radius 1 is 1.17 bits per heavy atom. The number of H-pyrrole nitrogens is 1. The summed E-state index contributed by atoms with van der Waals surface area (Å²) in [5.41, 5.74) is 5.59. The molecular weight excluding hydrogens is 444 g/mol. The number of hydrogen-bond donors (Lipinski definition) is 2. The zero-order chi connectivity index (χ0) is 21.3. The van der Waals surface area contributed by atoms with Crippen molar-refractivity contribution < 1.29 is 9.94 Å². The summed E-state index contributed by atoms with van der Waals surface area (Å²) in [5, 5.41) is 16.0. The number of nitrogens with one attached hydrogen (secondary N) is 1. The number of aryl methyl sites for hydroxylation is 1. The van der Waals surface area contributed by atoms with Crippen LogP contribution in [0.3, 0.4) is 0 Å². The van der Waals surface area contributed by atoms with Crippen LogP contribution in [0.15, 0.2) is 51.0 Å². The predicted octanol–water partition coefficient (Wildman–Crippen LogP) is 5.14. The lowest BCUT2D eigenvalue weighted by Gasteiger charge is -2.16. The third kappa shape index (κ3) is 3.87. The van der Waals surface area contributed by atoms with E-state index in [2.05, 4.69) is 50.9 Å². The summed E-state index contributed by atoms with van der Waals surface area (Å²) in [7, 11) is 0. The third-order valence-electron chi connectivity index (χ3n) is 5.39. The van der Waals surface area contributed by atoms with E-state index in [0.717, 1.165) is 51.8 Å². The number of halogens is 1. The Kier molecular flexibility index (Phi) is 5.92. The summed E-state index contributed by atoms with van der Waals surface area (Å²) < 4.78 is 0.934. The van der Waals surface area contributed by atoms with Gasteiger partial charge in [0.2, 0.25) is 0 Å². The maximum Gasteiger partial charge on any atom is 0.199 e. The van der Waals surface area contributed by atoms with E-state index in [0.29, 0.717) is 23.6 Å². The van der Waals surface area contributed by atoms with Crippen LogP contribution < -0.4 is 0 Å². The van der Waals surface area contributed by atoms with Gasteiger partial charge in [-0.1, -0.05) is 52.6 Å². The average molecular weight is 469 g/mol. The molecule has 0 saturated carbocycles. The van der Waals surface area contributed by atoms with Gasteiger partial charge in [-0.15, -0.1) is 0 Å². The summed E-state index contributed by atoms with van der Waals surface area (Å²) in [5.74, 6) is 0.0715. The highest BCUT2D eigenvalue weighted by molar-refractivity contribution is 9.10. The highest BCUT2D eigenvalue weighted by Gasteiger charge is 2.29. The van der Waals surface area contributed by atoms with Crippen molar-refractivity contribution in [2.45, 2.75) is 20.8 Å². The van der Waals surface area contributed by atoms with E-state index in [9.17, 15) is 5.11 Å². The Morgan fingerprint density at radius 3 is 2.73 bits per heavy atom. The Bertz CT molecular complexity index is 1150. The molecule has 0 aliphatic carbocycles. The SMILES string of the molecule is CCN(CC)CCON=C1C(c2c(O)[nH]c3cc(Br)ccc23)=Nc2ccc(C)cc21. The second-order valence-corrected chi connectivity index (χ2v) is 8.24. The van der Waals surface area contributed by atoms with Crippen molar-refractivity contribution in [3.05, 3.63) is 57.6 Å². The largest absolute Gasteiger partial charge is 0.494 e. The average Bonchev–Trinajstić information content (AvgIpc) is 3.23. The Balaban J connectivity index is 1.73. The number of aromatic hydroxyl groups is 1. The van der Waals surface area contributed by atoms with Gasteiger partial charge in [-0.05, 0) is 44.3 Å². The van der Waals surface area contributed by atoms with E-state index in [1.54, 1.807) is 0 Å². The van der Waals surface area contributed by atoms with Gasteiger partial charge < -0.3 is 19.8 Å². The molecule has 4 rings (SSSR count). The van der Waals surface area contributed by atoms with Crippen molar-refractivity contribution in [1.29, 1.82) is 0 Å². The van der Waals surface area contributed by atoms with Crippen molar-refractivity contribution in [3.8, 4) is 5.88 Å². The first kappa shape index (κ1) is 20.6. The van der Waals surface area contributed by atoms with Crippen molar-refractivity contribution in [1.82, 2.24) is 9.88 Å². The predicted molar refractivity (Wildman–Crippen MR) is 125 cm³/mol. The zero-order valence-electron chi connectivity index (χ0n) is 17.4. The van der Waals surface area contributed by atoms with Gasteiger partial charge in [0.15, 0.2) is 5.88 Å². The fraction of sp³-hybridized carbons (Fsp3) is 0.304. The number of likely N-dealkylation sites (N-methyl/N-ethyl adjacent to an activating group) is 1. The molecule has 0 atom stereocenters. The van der Waals surface area contributed by atoms with Gasteiger partial charge in [0.25, 0.3) is 0 Å². The van der Waals surface area contributed by atoms with E-state index in [1.807, 2.05) is 37.3 Å². The van der Waals surface area contributed by atoms with Crippen LogP contribution in [0.4, 0.5) is 5.69 Å². The van der Waals surface area contributed by atoms with Gasteiger partial charge in [0, 0.05) is 22.0 Å². The van der Waals surface area contributed by atoms with Gasteiger partial charge in [0.05, 0.1) is 16.8 Å². The standard InChI is InChI=1S/C23H25BrN4O2/c1-4-28(5-2)10-11-30-27-21-17-12-14(3)6-9-18(17)25-22(21)20-16-8-7-15(24)13-19(16)26-23(20)29/h6-9,12-13,26,29H,4-5,10-11H2,1-3H3. The summed E-state index contributed by atoms with van der Waals surface area (Å²) in [6.07, 6.45) is 0. The molecule has 0 bridgehead atoms.